The summed E-state index contributed by atoms with van der Waals surface area (Å²) in [5, 5.41) is 8.68. The maximum absolute atomic E-state index is 12.9. The van der Waals surface area contributed by atoms with E-state index in [1.54, 1.807) is 18.5 Å². The van der Waals surface area contributed by atoms with Gasteiger partial charge in [0.1, 0.15) is 4.70 Å². The minimum Gasteiger partial charge on any atom is -0.439 e. The number of fused-ring (bicyclic) bond motifs is 1. The van der Waals surface area contributed by atoms with Gasteiger partial charge in [0.2, 0.25) is 5.43 Å². The summed E-state index contributed by atoms with van der Waals surface area (Å²) < 4.78 is 16.6. The molecule has 1 aliphatic heterocycles. The van der Waals surface area contributed by atoms with Crippen molar-refractivity contribution in [1.29, 1.82) is 0 Å². The van der Waals surface area contributed by atoms with Gasteiger partial charge in [0, 0.05) is 42.2 Å². The lowest BCUT2D eigenvalue weighted by Crippen LogP contribution is -2.42. The van der Waals surface area contributed by atoms with E-state index in [1.165, 1.54) is 22.9 Å². The number of amides is 1. The minimum absolute atomic E-state index is 0.0579. The highest BCUT2D eigenvalue weighted by molar-refractivity contribution is 7.18. The van der Waals surface area contributed by atoms with Crippen molar-refractivity contribution in [2.75, 3.05) is 41.8 Å². The van der Waals surface area contributed by atoms with Crippen LogP contribution in [0.2, 0.25) is 0 Å². The number of hydrogen-bond donors (Lipinski definition) is 4. The van der Waals surface area contributed by atoms with Gasteiger partial charge in [0.05, 0.1) is 47.5 Å². The summed E-state index contributed by atoms with van der Waals surface area (Å²) in [6, 6.07) is 3.55. The van der Waals surface area contributed by atoms with Crippen molar-refractivity contribution in [2.24, 2.45) is 11.5 Å². The zero-order chi connectivity index (χ0) is 26.9. The van der Waals surface area contributed by atoms with E-state index in [9.17, 15) is 9.59 Å². The van der Waals surface area contributed by atoms with E-state index in [0.29, 0.717) is 53.8 Å². The lowest BCUT2D eigenvalue weighted by molar-refractivity contribution is 0.0996. The number of primary amides is 1. The number of aromatic nitrogens is 2. The van der Waals surface area contributed by atoms with E-state index < -0.39 is 5.91 Å². The summed E-state index contributed by atoms with van der Waals surface area (Å²) in [5.74, 6) is -0.125. The molecule has 11 nitrogen and oxygen atoms in total. The van der Waals surface area contributed by atoms with E-state index >= 15 is 0 Å². The van der Waals surface area contributed by atoms with E-state index in [1.807, 2.05) is 16.3 Å². The summed E-state index contributed by atoms with van der Waals surface area (Å²) in [5.41, 5.74) is 15.1. The van der Waals surface area contributed by atoms with Gasteiger partial charge in [-0.1, -0.05) is 12.8 Å². The Hall–Kier alpha value is -3.52. The molecule has 13 heteroatoms. The fraction of sp³-hybridized carbons (Fsp3) is 0.385. The van der Waals surface area contributed by atoms with Crippen molar-refractivity contribution in [3.8, 4) is 10.4 Å². The van der Waals surface area contributed by atoms with Crippen molar-refractivity contribution in [3.63, 3.8) is 0 Å². The summed E-state index contributed by atoms with van der Waals surface area (Å²) in [6.07, 6.45) is 7.47. The van der Waals surface area contributed by atoms with Crippen molar-refractivity contribution in [2.45, 2.75) is 37.8 Å². The number of ether oxygens (including phenoxy) is 1. The predicted molar refractivity (Wildman–Crippen MR) is 154 cm³/mol. The van der Waals surface area contributed by atoms with E-state index in [-0.39, 0.29) is 23.2 Å². The number of morpholine rings is 1. The first kappa shape index (κ1) is 25.7. The second-order valence-electron chi connectivity index (χ2n) is 9.73. The Morgan fingerprint density at radius 2 is 1.95 bits per heavy atom. The highest BCUT2D eigenvalue weighted by atomic mass is 32.1. The van der Waals surface area contributed by atoms with Gasteiger partial charge in [0.25, 0.3) is 5.91 Å². The van der Waals surface area contributed by atoms with Crippen LogP contribution >= 0.6 is 22.9 Å². The van der Waals surface area contributed by atoms with E-state index in [4.69, 9.17) is 20.6 Å². The molecule has 1 aliphatic carbocycles. The number of hydrogen-bond acceptors (Lipinski definition) is 12. The first-order valence-corrected chi connectivity index (χ1v) is 14.6. The largest absolute Gasteiger partial charge is 0.439 e. The Morgan fingerprint density at radius 1 is 1.13 bits per heavy atom. The highest BCUT2D eigenvalue weighted by Gasteiger charge is 2.24. The molecule has 4 aromatic rings. The summed E-state index contributed by atoms with van der Waals surface area (Å²) in [7, 11) is 0. The third kappa shape index (κ3) is 5.22. The van der Waals surface area contributed by atoms with Crippen LogP contribution in [-0.4, -0.2) is 53.7 Å². The maximum Gasteiger partial charge on any atom is 0.269 e. The molecule has 2 fully saturated rings. The minimum atomic E-state index is -0.648. The molecule has 1 saturated heterocycles. The number of pyridine rings is 1. The molecule has 204 valence electrons. The highest BCUT2D eigenvalue weighted by Crippen LogP contribution is 2.41. The molecule has 1 saturated carbocycles. The monoisotopic (exact) mass is 567 g/mol. The van der Waals surface area contributed by atoms with Crippen LogP contribution in [-0.2, 0) is 4.74 Å². The molecule has 0 bridgehead atoms. The summed E-state index contributed by atoms with van der Waals surface area (Å²) >= 11 is 2.60. The molecule has 4 aromatic heterocycles. The molecule has 1 amide bonds. The zero-order valence-electron chi connectivity index (χ0n) is 21.1. The van der Waals surface area contributed by atoms with Gasteiger partial charge < -0.3 is 36.2 Å². The molecular weight excluding hydrogens is 538 g/mol. The molecule has 0 spiro atoms. The van der Waals surface area contributed by atoms with Crippen LogP contribution in [0.5, 0.6) is 0 Å². The number of nitrogens with one attached hydrogen (secondary N) is 2. The summed E-state index contributed by atoms with van der Waals surface area (Å²) in [4.78, 5) is 32.3. The SMILES string of the molecule is NC(=O)c1ncc(N[C@H]2CCCC[C@H]2N)cc1Nc1cnsc1-c1csc2c(=O)cc(N3CCOCC3)oc12. The smallest absolute Gasteiger partial charge is 0.269 e. The van der Waals surface area contributed by atoms with Gasteiger partial charge >= 0.3 is 0 Å². The van der Waals surface area contributed by atoms with Crippen LogP contribution < -0.4 is 32.4 Å². The number of nitrogens with zero attached hydrogens (tertiary/aromatic N) is 3. The Labute approximate surface area is 232 Å². The average molecular weight is 568 g/mol. The number of nitrogens with two attached hydrogens (primary N) is 2. The molecule has 0 unspecified atom stereocenters. The Morgan fingerprint density at radius 3 is 2.74 bits per heavy atom. The maximum atomic E-state index is 12.9. The Bertz CT molecular complexity index is 1560. The molecule has 2 aliphatic rings. The van der Waals surface area contributed by atoms with Crippen LogP contribution in [0.25, 0.3) is 20.7 Å². The average Bonchev–Trinajstić information content (AvgIpc) is 3.57. The Balaban J connectivity index is 1.34. The molecule has 6 N–H and O–H groups in total. The third-order valence-corrected chi connectivity index (χ3v) is 8.94. The van der Waals surface area contributed by atoms with E-state index in [0.717, 1.165) is 41.8 Å². The number of rotatable bonds is 7. The lowest BCUT2D eigenvalue weighted by atomic mass is 9.91. The predicted octanol–water partition coefficient (Wildman–Crippen LogP) is 3.73. The fourth-order valence-electron chi connectivity index (χ4n) is 5.08. The van der Waals surface area contributed by atoms with Crippen LogP contribution in [0.15, 0.2) is 39.1 Å². The van der Waals surface area contributed by atoms with Crippen LogP contribution in [0.4, 0.5) is 22.9 Å². The first-order chi connectivity index (χ1) is 19.0. The van der Waals surface area contributed by atoms with Gasteiger partial charge in [-0.05, 0) is 30.4 Å². The van der Waals surface area contributed by atoms with Crippen molar-refractivity contribution in [1.82, 2.24) is 9.36 Å². The van der Waals surface area contributed by atoms with Gasteiger partial charge in [-0.15, -0.1) is 11.3 Å². The fourth-order valence-corrected chi connectivity index (χ4v) is 6.77. The van der Waals surface area contributed by atoms with Gasteiger partial charge in [-0.25, -0.2) is 4.98 Å². The Kier molecular flexibility index (Phi) is 7.21. The van der Waals surface area contributed by atoms with E-state index in [2.05, 4.69) is 20.0 Å². The molecule has 0 radical (unpaired) electrons. The summed E-state index contributed by atoms with van der Waals surface area (Å²) in [6.45, 7) is 2.47. The molecule has 39 heavy (non-hydrogen) atoms. The van der Waals surface area contributed by atoms with Crippen LogP contribution in [0, 0.1) is 0 Å². The second kappa shape index (κ2) is 10.9. The van der Waals surface area contributed by atoms with Crippen LogP contribution in [0.3, 0.4) is 0 Å². The normalized spacial score (nSPS) is 19.8. The molecule has 0 aromatic carbocycles. The molecular formula is C26H29N7O4S2. The third-order valence-electron chi connectivity index (χ3n) is 7.13. The molecule has 2 atom stereocenters. The lowest BCUT2D eigenvalue weighted by Gasteiger charge is -2.30. The molecule has 5 heterocycles. The van der Waals surface area contributed by atoms with Crippen molar-refractivity contribution in [3.05, 3.63) is 45.8 Å². The second-order valence-corrected chi connectivity index (χ2v) is 11.4. The van der Waals surface area contributed by atoms with Crippen molar-refractivity contribution >= 4 is 62.0 Å². The topological polar surface area (TPSA) is 162 Å². The van der Waals surface area contributed by atoms with Crippen molar-refractivity contribution < 1.29 is 13.9 Å². The van der Waals surface area contributed by atoms with Gasteiger partial charge in [-0.2, -0.15) is 4.37 Å². The number of anilines is 4. The first-order valence-electron chi connectivity index (χ1n) is 12.9. The zero-order valence-corrected chi connectivity index (χ0v) is 22.8. The van der Waals surface area contributed by atoms with Gasteiger partial charge in [0.15, 0.2) is 17.2 Å². The molecule has 6 rings (SSSR count). The van der Waals surface area contributed by atoms with Crippen LogP contribution in [0.1, 0.15) is 36.2 Å². The van der Waals surface area contributed by atoms with Gasteiger partial charge in [-0.3, -0.25) is 9.59 Å². The number of carbonyl (C=O) groups excluding carboxylic acids is 1. The quantitative estimate of drug-likeness (QED) is 0.259. The number of carbonyl (C=O) groups is 1. The standard InChI is InChI=1S/C26H29N7O4S2/c27-16-3-1-2-4-17(16)31-14-9-18(22(26(28)35)29-11-14)32-19-12-30-39-24(19)15-13-38-25-20(34)10-21(37-23(15)25)33-5-7-36-8-6-33/h9-13,16-17,31-32H,1-8,27H2,(H2,28,35)/t16-,17+/m1/s1. The number of thiophene rings is 1.